The van der Waals surface area contributed by atoms with Gasteiger partial charge < -0.3 is 9.84 Å². The monoisotopic (exact) mass is 323 g/mol. The topological polar surface area (TPSA) is 49.8 Å². The Bertz CT molecular complexity index is 713. The standard InChI is InChI=1S/C20H21NO3/c22-20(23)19-9-7-17(8-10-19)2-1-16-3-5-18(6-4-16)15-21-11-13-24-14-12-21/h3,5,7-10H,4,6,11-15H2,(H,22,23). The minimum atomic E-state index is -0.914. The molecule has 1 aliphatic heterocycles. The first-order chi connectivity index (χ1) is 11.7. The molecule has 0 bridgehead atoms. The molecule has 1 aliphatic carbocycles. The van der Waals surface area contributed by atoms with E-state index in [4.69, 9.17) is 9.84 Å². The van der Waals surface area contributed by atoms with Gasteiger partial charge in [-0.05, 0) is 37.1 Å². The number of aromatic carboxylic acids is 1. The highest BCUT2D eigenvalue weighted by atomic mass is 16.5. The van der Waals surface area contributed by atoms with Gasteiger partial charge in [0.15, 0.2) is 0 Å². The van der Waals surface area contributed by atoms with Gasteiger partial charge in [0.25, 0.3) is 0 Å². The third-order valence-electron chi connectivity index (χ3n) is 4.27. The second-order valence-corrected chi connectivity index (χ2v) is 6.04. The van der Waals surface area contributed by atoms with Crippen molar-refractivity contribution in [3.05, 3.63) is 58.7 Å². The van der Waals surface area contributed by atoms with E-state index in [2.05, 4.69) is 28.9 Å². The minimum absolute atomic E-state index is 0.285. The van der Waals surface area contributed by atoms with Crippen molar-refractivity contribution in [1.29, 1.82) is 0 Å². The van der Waals surface area contributed by atoms with E-state index in [-0.39, 0.29) is 5.56 Å². The summed E-state index contributed by atoms with van der Waals surface area (Å²) in [6, 6.07) is 6.67. The van der Waals surface area contributed by atoms with Crippen LogP contribution in [0.5, 0.6) is 0 Å². The number of nitrogens with zero attached hydrogens (tertiary/aromatic N) is 1. The van der Waals surface area contributed by atoms with E-state index in [1.165, 1.54) is 5.57 Å². The van der Waals surface area contributed by atoms with Crippen LogP contribution in [0.25, 0.3) is 0 Å². The van der Waals surface area contributed by atoms with Gasteiger partial charge in [0.2, 0.25) is 0 Å². The van der Waals surface area contributed by atoms with Crippen molar-refractivity contribution in [3.8, 4) is 11.8 Å². The third-order valence-corrected chi connectivity index (χ3v) is 4.27. The van der Waals surface area contributed by atoms with Crippen molar-refractivity contribution in [3.63, 3.8) is 0 Å². The summed E-state index contributed by atoms with van der Waals surface area (Å²) in [5.74, 6) is 5.39. The van der Waals surface area contributed by atoms with Crippen LogP contribution in [-0.4, -0.2) is 48.8 Å². The van der Waals surface area contributed by atoms with Gasteiger partial charge in [0.05, 0.1) is 18.8 Å². The van der Waals surface area contributed by atoms with E-state index in [0.717, 1.165) is 56.8 Å². The first-order valence-electron chi connectivity index (χ1n) is 8.25. The lowest BCUT2D eigenvalue weighted by Crippen LogP contribution is -2.37. The second-order valence-electron chi connectivity index (χ2n) is 6.04. The van der Waals surface area contributed by atoms with E-state index < -0.39 is 5.97 Å². The first kappa shape index (κ1) is 16.5. The fraction of sp³-hybridized carbons (Fsp3) is 0.350. The number of ether oxygens (including phenoxy) is 1. The molecule has 24 heavy (non-hydrogen) atoms. The zero-order valence-corrected chi connectivity index (χ0v) is 13.6. The molecule has 1 aromatic carbocycles. The van der Waals surface area contributed by atoms with Gasteiger partial charge in [-0.1, -0.05) is 29.6 Å². The largest absolute Gasteiger partial charge is 0.478 e. The normalized spacial score (nSPS) is 18.2. The number of allylic oxidation sites excluding steroid dienone is 3. The lowest BCUT2D eigenvalue weighted by molar-refractivity contribution is 0.0419. The summed E-state index contributed by atoms with van der Waals surface area (Å²) in [4.78, 5) is 13.3. The average molecular weight is 323 g/mol. The molecule has 124 valence electrons. The molecular weight excluding hydrogens is 302 g/mol. The number of hydrogen-bond donors (Lipinski definition) is 1. The van der Waals surface area contributed by atoms with Gasteiger partial charge in [-0.2, -0.15) is 0 Å². The van der Waals surface area contributed by atoms with Crippen LogP contribution >= 0.6 is 0 Å². The number of rotatable bonds is 3. The molecule has 3 rings (SSSR count). The molecule has 0 amide bonds. The van der Waals surface area contributed by atoms with E-state index in [0.29, 0.717) is 0 Å². The average Bonchev–Trinajstić information content (AvgIpc) is 2.62. The molecule has 2 aliphatic rings. The van der Waals surface area contributed by atoms with E-state index in [1.54, 1.807) is 24.3 Å². The van der Waals surface area contributed by atoms with Gasteiger partial charge in [-0.15, -0.1) is 0 Å². The first-order valence-corrected chi connectivity index (χ1v) is 8.25. The quantitative estimate of drug-likeness (QED) is 0.869. The van der Waals surface area contributed by atoms with Crippen molar-refractivity contribution in [2.75, 3.05) is 32.8 Å². The van der Waals surface area contributed by atoms with Crippen LogP contribution in [0.2, 0.25) is 0 Å². The van der Waals surface area contributed by atoms with Crippen LogP contribution in [0.15, 0.2) is 47.6 Å². The molecule has 1 heterocycles. The summed E-state index contributed by atoms with van der Waals surface area (Å²) >= 11 is 0. The van der Waals surface area contributed by atoms with E-state index in [1.807, 2.05) is 0 Å². The summed E-state index contributed by atoms with van der Waals surface area (Å²) in [7, 11) is 0. The molecule has 4 nitrogen and oxygen atoms in total. The Morgan fingerprint density at radius 1 is 1.08 bits per heavy atom. The fourth-order valence-corrected chi connectivity index (χ4v) is 2.81. The molecule has 1 N–H and O–H groups in total. The van der Waals surface area contributed by atoms with E-state index in [9.17, 15) is 4.79 Å². The summed E-state index contributed by atoms with van der Waals surface area (Å²) < 4.78 is 5.38. The Morgan fingerprint density at radius 2 is 1.83 bits per heavy atom. The zero-order chi connectivity index (χ0) is 16.8. The van der Waals surface area contributed by atoms with Crippen LogP contribution in [0.3, 0.4) is 0 Å². The van der Waals surface area contributed by atoms with Crippen molar-refractivity contribution in [2.24, 2.45) is 0 Å². The molecule has 0 unspecified atom stereocenters. The Hall–Kier alpha value is -2.35. The molecule has 4 heteroatoms. The maximum absolute atomic E-state index is 10.8. The number of carbonyl (C=O) groups is 1. The number of carboxylic acids is 1. The smallest absolute Gasteiger partial charge is 0.335 e. The number of hydrogen-bond acceptors (Lipinski definition) is 3. The second kappa shape index (κ2) is 7.96. The highest BCUT2D eigenvalue weighted by Crippen LogP contribution is 2.19. The highest BCUT2D eigenvalue weighted by molar-refractivity contribution is 5.87. The Morgan fingerprint density at radius 3 is 2.46 bits per heavy atom. The minimum Gasteiger partial charge on any atom is -0.478 e. The van der Waals surface area contributed by atoms with Crippen LogP contribution in [0.4, 0.5) is 0 Å². The molecule has 1 saturated heterocycles. The van der Waals surface area contributed by atoms with Gasteiger partial charge in [-0.25, -0.2) is 4.79 Å². The fourth-order valence-electron chi connectivity index (χ4n) is 2.81. The van der Waals surface area contributed by atoms with Crippen LogP contribution in [0, 0.1) is 11.8 Å². The van der Waals surface area contributed by atoms with Gasteiger partial charge >= 0.3 is 5.97 Å². The molecule has 0 spiro atoms. The Kier molecular flexibility index (Phi) is 5.47. The lowest BCUT2D eigenvalue weighted by Gasteiger charge is -2.28. The van der Waals surface area contributed by atoms with Gasteiger partial charge in [0.1, 0.15) is 0 Å². The summed E-state index contributed by atoms with van der Waals surface area (Å²) in [5.41, 5.74) is 3.70. The molecule has 1 aromatic rings. The number of carboxylic acid groups (broad SMARTS) is 1. The molecule has 0 radical (unpaired) electrons. The van der Waals surface area contributed by atoms with Gasteiger partial charge in [0, 0.05) is 30.8 Å². The van der Waals surface area contributed by atoms with Crippen molar-refractivity contribution in [2.45, 2.75) is 12.8 Å². The SMILES string of the molecule is O=C(O)c1ccc(C#CC2=CC=C(CN3CCOCC3)CC2)cc1. The predicted octanol–water partition coefficient (Wildman–Crippen LogP) is 2.72. The molecular formula is C20H21NO3. The predicted molar refractivity (Wildman–Crippen MR) is 92.9 cm³/mol. The summed E-state index contributed by atoms with van der Waals surface area (Å²) in [6.07, 6.45) is 6.32. The molecule has 0 atom stereocenters. The maximum Gasteiger partial charge on any atom is 0.335 e. The zero-order valence-electron chi connectivity index (χ0n) is 13.6. The molecule has 0 saturated carbocycles. The van der Waals surface area contributed by atoms with Crippen molar-refractivity contribution < 1.29 is 14.6 Å². The Balaban J connectivity index is 1.59. The maximum atomic E-state index is 10.8. The summed E-state index contributed by atoms with van der Waals surface area (Å²) in [5, 5.41) is 8.89. The number of morpholine rings is 1. The highest BCUT2D eigenvalue weighted by Gasteiger charge is 2.13. The molecule has 0 aromatic heterocycles. The third kappa shape index (κ3) is 4.58. The Labute approximate surface area is 142 Å². The van der Waals surface area contributed by atoms with Crippen LogP contribution < -0.4 is 0 Å². The van der Waals surface area contributed by atoms with Crippen molar-refractivity contribution in [1.82, 2.24) is 4.90 Å². The number of benzene rings is 1. The lowest BCUT2D eigenvalue weighted by atomic mass is 9.98. The summed E-state index contributed by atoms with van der Waals surface area (Å²) in [6.45, 7) is 4.72. The van der Waals surface area contributed by atoms with Gasteiger partial charge in [-0.3, -0.25) is 4.90 Å². The molecule has 1 fully saturated rings. The van der Waals surface area contributed by atoms with Crippen LogP contribution in [0.1, 0.15) is 28.8 Å². The van der Waals surface area contributed by atoms with E-state index >= 15 is 0 Å². The van der Waals surface area contributed by atoms with Crippen molar-refractivity contribution >= 4 is 5.97 Å². The van der Waals surface area contributed by atoms with Crippen LogP contribution in [-0.2, 0) is 4.74 Å².